The SMILES string of the molecule is CC(=O)NCCN(Cc1ccccc1OCC(F)(F)F)C(C)C(=O)O. The second kappa shape index (κ2) is 9.26. The van der Waals surface area contributed by atoms with Crippen molar-refractivity contribution in [2.24, 2.45) is 0 Å². The summed E-state index contributed by atoms with van der Waals surface area (Å²) in [6, 6.07) is 5.26. The van der Waals surface area contributed by atoms with Crippen molar-refractivity contribution in [3.8, 4) is 5.75 Å². The highest BCUT2D eigenvalue weighted by atomic mass is 19.4. The number of aliphatic carboxylic acids is 1. The molecule has 1 rings (SSSR count). The molecular weight excluding hydrogens is 341 g/mol. The van der Waals surface area contributed by atoms with E-state index in [1.54, 1.807) is 12.1 Å². The zero-order valence-corrected chi connectivity index (χ0v) is 14.0. The van der Waals surface area contributed by atoms with Crippen molar-refractivity contribution in [2.45, 2.75) is 32.6 Å². The van der Waals surface area contributed by atoms with Crippen molar-refractivity contribution < 1.29 is 32.6 Å². The van der Waals surface area contributed by atoms with Gasteiger partial charge in [-0.15, -0.1) is 0 Å². The van der Waals surface area contributed by atoms with Crippen molar-refractivity contribution in [1.82, 2.24) is 10.2 Å². The zero-order valence-electron chi connectivity index (χ0n) is 14.0. The van der Waals surface area contributed by atoms with Crippen LogP contribution in [0.5, 0.6) is 5.75 Å². The number of nitrogens with zero attached hydrogens (tertiary/aromatic N) is 1. The van der Waals surface area contributed by atoms with Gasteiger partial charge in [0.2, 0.25) is 5.91 Å². The van der Waals surface area contributed by atoms with Gasteiger partial charge in [0.15, 0.2) is 6.61 Å². The van der Waals surface area contributed by atoms with Crippen molar-refractivity contribution in [3.63, 3.8) is 0 Å². The molecule has 0 aromatic heterocycles. The lowest BCUT2D eigenvalue weighted by atomic mass is 10.1. The number of hydrogen-bond donors (Lipinski definition) is 2. The van der Waals surface area contributed by atoms with Crippen LogP contribution >= 0.6 is 0 Å². The lowest BCUT2D eigenvalue weighted by molar-refractivity contribution is -0.153. The van der Waals surface area contributed by atoms with Gasteiger partial charge in [0.1, 0.15) is 11.8 Å². The maximum atomic E-state index is 12.4. The van der Waals surface area contributed by atoms with Crippen LogP contribution in [0, 0.1) is 0 Å². The Labute approximate surface area is 143 Å². The summed E-state index contributed by atoms with van der Waals surface area (Å²) >= 11 is 0. The van der Waals surface area contributed by atoms with E-state index in [1.807, 2.05) is 0 Å². The van der Waals surface area contributed by atoms with E-state index in [1.165, 1.54) is 30.9 Å². The molecule has 1 unspecified atom stereocenters. The number of carbonyl (C=O) groups excluding carboxylic acids is 1. The summed E-state index contributed by atoms with van der Waals surface area (Å²) in [5, 5.41) is 11.8. The van der Waals surface area contributed by atoms with Gasteiger partial charge >= 0.3 is 12.1 Å². The lowest BCUT2D eigenvalue weighted by Crippen LogP contribution is -2.42. The Kier molecular flexibility index (Phi) is 7.69. The van der Waals surface area contributed by atoms with Gasteiger partial charge in [-0.2, -0.15) is 13.2 Å². The molecule has 1 aromatic carbocycles. The normalized spacial score (nSPS) is 12.7. The second-order valence-electron chi connectivity index (χ2n) is 5.48. The Morgan fingerprint density at radius 3 is 2.52 bits per heavy atom. The van der Waals surface area contributed by atoms with Crippen LogP contribution in [0.4, 0.5) is 13.2 Å². The number of rotatable bonds is 9. The van der Waals surface area contributed by atoms with Crippen LogP contribution in [-0.4, -0.2) is 53.8 Å². The Balaban J connectivity index is 2.87. The first-order valence-electron chi connectivity index (χ1n) is 7.59. The Bertz CT molecular complexity index is 593. The molecule has 0 aliphatic heterocycles. The maximum absolute atomic E-state index is 12.4. The summed E-state index contributed by atoms with van der Waals surface area (Å²) in [6.07, 6.45) is -4.47. The van der Waals surface area contributed by atoms with Gasteiger partial charge in [-0.05, 0) is 13.0 Å². The summed E-state index contributed by atoms with van der Waals surface area (Å²) in [7, 11) is 0. The Hall–Kier alpha value is -2.29. The fourth-order valence-electron chi connectivity index (χ4n) is 2.10. The molecule has 2 N–H and O–H groups in total. The van der Waals surface area contributed by atoms with E-state index in [0.717, 1.165) is 0 Å². The molecule has 140 valence electrons. The Morgan fingerprint density at radius 1 is 1.32 bits per heavy atom. The number of nitrogens with one attached hydrogen (secondary N) is 1. The highest BCUT2D eigenvalue weighted by molar-refractivity contribution is 5.73. The van der Waals surface area contributed by atoms with E-state index in [9.17, 15) is 27.9 Å². The van der Waals surface area contributed by atoms with Gasteiger partial charge in [0, 0.05) is 32.1 Å². The van der Waals surface area contributed by atoms with Crippen LogP contribution in [0.1, 0.15) is 19.4 Å². The predicted molar refractivity (Wildman–Crippen MR) is 84.2 cm³/mol. The first-order valence-corrected chi connectivity index (χ1v) is 7.59. The average Bonchev–Trinajstić information content (AvgIpc) is 2.51. The zero-order chi connectivity index (χ0) is 19.0. The molecule has 0 bridgehead atoms. The minimum atomic E-state index is -4.47. The molecule has 1 atom stereocenters. The van der Waals surface area contributed by atoms with Gasteiger partial charge in [0.05, 0.1) is 0 Å². The number of carboxylic acids is 1. The number of carbonyl (C=O) groups is 2. The minimum absolute atomic E-state index is 0.0435. The van der Waals surface area contributed by atoms with Gasteiger partial charge in [-0.3, -0.25) is 14.5 Å². The number of halogens is 3. The van der Waals surface area contributed by atoms with Crippen LogP contribution in [0.2, 0.25) is 0 Å². The Morgan fingerprint density at radius 2 is 1.96 bits per heavy atom. The molecule has 0 saturated carbocycles. The van der Waals surface area contributed by atoms with Crippen molar-refractivity contribution in [3.05, 3.63) is 29.8 Å². The number of para-hydroxylation sites is 1. The van der Waals surface area contributed by atoms with E-state index in [4.69, 9.17) is 4.74 Å². The molecule has 0 fully saturated rings. The number of amides is 1. The number of ether oxygens (including phenoxy) is 1. The molecule has 25 heavy (non-hydrogen) atoms. The van der Waals surface area contributed by atoms with Crippen LogP contribution < -0.4 is 10.1 Å². The van der Waals surface area contributed by atoms with Crippen molar-refractivity contribution in [2.75, 3.05) is 19.7 Å². The number of benzene rings is 1. The van der Waals surface area contributed by atoms with E-state index < -0.39 is 24.8 Å². The van der Waals surface area contributed by atoms with Crippen LogP contribution in [-0.2, 0) is 16.1 Å². The minimum Gasteiger partial charge on any atom is -0.484 e. The molecule has 0 saturated heterocycles. The molecule has 9 heteroatoms. The fourth-order valence-corrected chi connectivity index (χ4v) is 2.10. The van der Waals surface area contributed by atoms with E-state index in [2.05, 4.69) is 5.32 Å². The fraction of sp³-hybridized carbons (Fsp3) is 0.500. The molecule has 1 amide bonds. The summed E-state index contributed by atoms with van der Waals surface area (Å²) in [5.41, 5.74) is 0.433. The quantitative estimate of drug-likeness (QED) is 0.703. The topological polar surface area (TPSA) is 78.9 Å². The van der Waals surface area contributed by atoms with Gasteiger partial charge in [-0.25, -0.2) is 0 Å². The van der Waals surface area contributed by atoms with Crippen molar-refractivity contribution >= 4 is 11.9 Å². The first-order chi connectivity index (χ1) is 11.6. The summed E-state index contributed by atoms with van der Waals surface area (Å²) in [5.74, 6) is -1.28. The molecule has 6 nitrogen and oxygen atoms in total. The monoisotopic (exact) mass is 362 g/mol. The third kappa shape index (κ3) is 7.88. The third-order valence-corrected chi connectivity index (χ3v) is 3.42. The molecule has 0 heterocycles. The standard InChI is InChI=1S/C16H21F3N2O4/c1-11(15(23)24)21(8-7-20-12(2)22)9-13-5-3-4-6-14(13)25-10-16(17,18)19/h3-6,11H,7-10H2,1-2H3,(H,20,22)(H,23,24). The van der Waals surface area contributed by atoms with Gasteiger partial charge in [0.25, 0.3) is 0 Å². The number of hydrogen-bond acceptors (Lipinski definition) is 4. The van der Waals surface area contributed by atoms with E-state index >= 15 is 0 Å². The van der Waals surface area contributed by atoms with Gasteiger partial charge < -0.3 is 15.2 Å². The molecule has 0 radical (unpaired) electrons. The molecule has 0 aliphatic carbocycles. The second-order valence-corrected chi connectivity index (χ2v) is 5.48. The van der Waals surface area contributed by atoms with E-state index in [-0.39, 0.29) is 31.3 Å². The average molecular weight is 362 g/mol. The summed E-state index contributed by atoms with van der Waals surface area (Å²) < 4.78 is 41.9. The number of alkyl halides is 3. The lowest BCUT2D eigenvalue weighted by Gasteiger charge is -2.27. The summed E-state index contributed by atoms with van der Waals surface area (Å²) in [6.45, 7) is 1.89. The van der Waals surface area contributed by atoms with Crippen LogP contribution in [0.15, 0.2) is 24.3 Å². The predicted octanol–water partition coefficient (Wildman–Crippen LogP) is 2.04. The first kappa shape index (κ1) is 20.8. The highest BCUT2D eigenvalue weighted by Crippen LogP contribution is 2.24. The highest BCUT2D eigenvalue weighted by Gasteiger charge is 2.29. The van der Waals surface area contributed by atoms with Gasteiger partial charge in [-0.1, -0.05) is 18.2 Å². The largest absolute Gasteiger partial charge is 0.484 e. The molecular formula is C16H21F3N2O4. The number of carboxylic acid groups (broad SMARTS) is 1. The molecule has 0 spiro atoms. The van der Waals surface area contributed by atoms with Crippen LogP contribution in [0.25, 0.3) is 0 Å². The van der Waals surface area contributed by atoms with Crippen LogP contribution in [0.3, 0.4) is 0 Å². The molecule has 0 aliphatic rings. The molecule has 1 aromatic rings. The third-order valence-electron chi connectivity index (χ3n) is 3.42. The van der Waals surface area contributed by atoms with E-state index in [0.29, 0.717) is 5.56 Å². The smallest absolute Gasteiger partial charge is 0.422 e. The summed E-state index contributed by atoms with van der Waals surface area (Å²) in [4.78, 5) is 23.7. The van der Waals surface area contributed by atoms with Crippen molar-refractivity contribution in [1.29, 1.82) is 0 Å². The maximum Gasteiger partial charge on any atom is 0.422 e.